The van der Waals surface area contributed by atoms with Crippen molar-refractivity contribution in [1.82, 2.24) is 9.55 Å². The van der Waals surface area contributed by atoms with E-state index in [0.29, 0.717) is 0 Å². The molecule has 0 radical (unpaired) electrons. The number of benzene rings is 1. The van der Waals surface area contributed by atoms with Gasteiger partial charge in [-0.3, -0.25) is 4.99 Å². The first-order chi connectivity index (χ1) is 8.31. The third-order valence-electron chi connectivity index (χ3n) is 2.98. The van der Waals surface area contributed by atoms with Crippen LogP contribution in [0.2, 0.25) is 0 Å². The molecule has 86 valence electrons. The summed E-state index contributed by atoms with van der Waals surface area (Å²) in [6.45, 7) is 0. The van der Waals surface area contributed by atoms with Crippen LogP contribution in [0.15, 0.2) is 40.8 Å². The zero-order valence-corrected chi connectivity index (χ0v) is 10.6. The smallest absolute Gasteiger partial charge is 0.184 e. The average Bonchev–Trinajstić information content (AvgIpc) is 2.92. The van der Waals surface area contributed by atoms with Gasteiger partial charge in [-0.05, 0) is 6.07 Å². The van der Waals surface area contributed by atoms with E-state index in [1.807, 2.05) is 13.1 Å². The summed E-state index contributed by atoms with van der Waals surface area (Å²) in [4.78, 5) is 8.59. The van der Waals surface area contributed by atoms with Gasteiger partial charge in [-0.2, -0.15) is 0 Å². The largest absolute Gasteiger partial charge is 0.360 e. The number of hydrogen-bond acceptors (Lipinski definition) is 2. The molecule has 3 rings (SSSR count). The van der Waals surface area contributed by atoms with E-state index in [9.17, 15) is 0 Å². The van der Waals surface area contributed by atoms with E-state index >= 15 is 0 Å². The maximum Gasteiger partial charge on any atom is 0.184 e. The molecular weight excluding hydrogens is 230 g/mol. The molecule has 0 spiro atoms. The third kappa shape index (κ3) is 1.52. The minimum atomic E-state index is 1.03. The van der Waals surface area contributed by atoms with Gasteiger partial charge in [0.25, 0.3) is 0 Å². The molecule has 0 aliphatic rings. The topological polar surface area (TPSA) is 33.1 Å². The molecule has 0 atom stereocenters. The fraction of sp³-hybridized carbons (Fsp3) is 0.154. The van der Waals surface area contributed by atoms with Crippen molar-refractivity contribution in [3.63, 3.8) is 0 Å². The van der Waals surface area contributed by atoms with Crippen LogP contribution in [0.25, 0.3) is 22.2 Å². The lowest BCUT2D eigenvalue weighted by atomic mass is 10.1. The van der Waals surface area contributed by atoms with Gasteiger partial charge >= 0.3 is 0 Å². The normalized spacial score (nSPS) is 12.5. The Morgan fingerprint density at radius 2 is 2.12 bits per heavy atom. The summed E-state index contributed by atoms with van der Waals surface area (Å²) in [7, 11) is 3.88. The van der Waals surface area contributed by atoms with Crippen molar-refractivity contribution >= 4 is 22.2 Å². The summed E-state index contributed by atoms with van der Waals surface area (Å²) in [5.74, 6) is 0. The van der Waals surface area contributed by atoms with E-state index in [4.69, 9.17) is 0 Å². The molecule has 1 N–H and O–H groups in total. The zero-order chi connectivity index (χ0) is 11.8. The lowest BCUT2D eigenvalue weighted by Crippen LogP contribution is -2.10. The lowest BCUT2D eigenvalue weighted by Gasteiger charge is -2.00. The Hall–Kier alpha value is -1.81. The van der Waals surface area contributed by atoms with Crippen LogP contribution in [0.5, 0.6) is 0 Å². The number of nitrogens with one attached hydrogen (secondary N) is 1. The van der Waals surface area contributed by atoms with Crippen LogP contribution in [0.4, 0.5) is 0 Å². The molecule has 0 aliphatic carbocycles. The van der Waals surface area contributed by atoms with Crippen molar-refractivity contribution in [1.29, 1.82) is 0 Å². The molecule has 0 aliphatic heterocycles. The molecule has 3 nitrogen and oxygen atoms in total. The Labute approximate surface area is 103 Å². The molecule has 2 heterocycles. The number of nitrogens with zero attached hydrogens (tertiary/aromatic N) is 2. The summed E-state index contributed by atoms with van der Waals surface area (Å²) < 4.78 is 2.13. The number of rotatable bonds is 1. The predicted molar refractivity (Wildman–Crippen MR) is 72.1 cm³/mol. The molecule has 0 unspecified atom stereocenters. The van der Waals surface area contributed by atoms with Crippen molar-refractivity contribution in [2.75, 3.05) is 7.05 Å². The summed E-state index contributed by atoms with van der Waals surface area (Å²) >= 11 is 1.67. The highest BCUT2D eigenvalue weighted by atomic mass is 32.1. The SMILES string of the molecule is C/N=c1\scc(-c2c[nH]c3ccccc23)n1C. The molecular formula is C13H13N3S. The van der Waals surface area contributed by atoms with Gasteiger partial charge in [0.15, 0.2) is 4.80 Å². The monoisotopic (exact) mass is 243 g/mol. The number of thiazole rings is 1. The molecule has 4 heteroatoms. The van der Waals surface area contributed by atoms with Gasteiger partial charge in [0, 0.05) is 42.1 Å². The van der Waals surface area contributed by atoms with E-state index in [0.717, 1.165) is 4.80 Å². The van der Waals surface area contributed by atoms with Crippen LogP contribution in [-0.4, -0.2) is 16.6 Å². The first kappa shape index (κ1) is 10.4. The first-order valence-corrected chi connectivity index (χ1v) is 6.33. The van der Waals surface area contributed by atoms with Gasteiger partial charge in [-0.1, -0.05) is 18.2 Å². The number of fused-ring (bicyclic) bond motifs is 1. The highest BCUT2D eigenvalue weighted by molar-refractivity contribution is 7.07. The Morgan fingerprint density at radius 1 is 1.29 bits per heavy atom. The number of para-hydroxylation sites is 1. The van der Waals surface area contributed by atoms with Crippen molar-refractivity contribution in [3.8, 4) is 11.3 Å². The van der Waals surface area contributed by atoms with Crippen molar-refractivity contribution in [3.05, 3.63) is 40.6 Å². The molecule has 2 aromatic heterocycles. The lowest BCUT2D eigenvalue weighted by molar-refractivity contribution is 0.876. The molecule has 3 aromatic rings. The summed E-state index contributed by atoms with van der Waals surface area (Å²) in [5, 5.41) is 3.40. The summed E-state index contributed by atoms with van der Waals surface area (Å²) in [6.07, 6.45) is 2.06. The quantitative estimate of drug-likeness (QED) is 0.682. The molecule has 0 amide bonds. The van der Waals surface area contributed by atoms with E-state index in [2.05, 4.69) is 51.4 Å². The molecule has 0 saturated carbocycles. The van der Waals surface area contributed by atoms with Crippen LogP contribution in [0.1, 0.15) is 0 Å². The highest BCUT2D eigenvalue weighted by Gasteiger charge is 2.09. The minimum Gasteiger partial charge on any atom is -0.360 e. The fourth-order valence-corrected chi connectivity index (χ4v) is 2.96. The maximum atomic E-state index is 4.25. The second-order valence-electron chi connectivity index (χ2n) is 3.93. The highest BCUT2D eigenvalue weighted by Crippen LogP contribution is 2.28. The molecule has 17 heavy (non-hydrogen) atoms. The van der Waals surface area contributed by atoms with Gasteiger partial charge in [0.1, 0.15) is 0 Å². The van der Waals surface area contributed by atoms with Gasteiger partial charge in [-0.25, -0.2) is 0 Å². The van der Waals surface area contributed by atoms with Crippen LogP contribution in [0.3, 0.4) is 0 Å². The average molecular weight is 243 g/mol. The van der Waals surface area contributed by atoms with Crippen LogP contribution in [-0.2, 0) is 7.05 Å². The number of aromatic amines is 1. The number of hydrogen-bond donors (Lipinski definition) is 1. The molecule has 0 saturated heterocycles. The van der Waals surface area contributed by atoms with E-state index in [1.165, 1.54) is 22.2 Å². The minimum absolute atomic E-state index is 1.03. The van der Waals surface area contributed by atoms with Crippen LogP contribution < -0.4 is 4.80 Å². The first-order valence-electron chi connectivity index (χ1n) is 5.45. The number of aromatic nitrogens is 2. The zero-order valence-electron chi connectivity index (χ0n) is 9.77. The van der Waals surface area contributed by atoms with Crippen LogP contribution >= 0.6 is 11.3 Å². The third-order valence-corrected chi connectivity index (χ3v) is 3.99. The molecule has 1 aromatic carbocycles. The van der Waals surface area contributed by atoms with Crippen molar-refractivity contribution < 1.29 is 0 Å². The maximum absolute atomic E-state index is 4.25. The van der Waals surface area contributed by atoms with Gasteiger partial charge in [0.2, 0.25) is 0 Å². The second kappa shape index (κ2) is 3.89. The Balaban J connectivity index is 2.31. The van der Waals surface area contributed by atoms with Crippen LogP contribution in [0, 0.1) is 0 Å². The second-order valence-corrected chi connectivity index (χ2v) is 4.77. The molecule has 0 fully saturated rings. The van der Waals surface area contributed by atoms with Gasteiger partial charge in [0.05, 0.1) is 5.69 Å². The number of H-pyrrole nitrogens is 1. The van der Waals surface area contributed by atoms with Gasteiger partial charge in [-0.15, -0.1) is 11.3 Å². The fourth-order valence-electron chi connectivity index (χ4n) is 2.10. The van der Waals surface area contributed by atoms with E-state index < -0.39 is 0 Å². The summed E-state index contributed by atoms with van der Waals surface area (Å²) in [6, 6.07) is 8.35. The summed E-state index contributed by atoms with van der Waals surface area (Å²) in [5.41, 5.74) is 3.60. The Morgan fingerprint density at radius 3 is 2.88 bits per heavy atom. The van der Waals surface area contributed by atoms with Crippen molar-refractivity contribution in [2.24, 2.45) is 12.0 Å². The molecule has 0 bridgehead atoms. The Bertz CT molecular complexity index is 730. The van der Waals surface area contributed by atoms with E-state index in [-0.39, 0.29) is 0 Å². The standard InChI is InChI=1S/C13H13N3S/c1-14-13-16(2)12(8-17-13)10-7-15-11-6-4-3-5-9(10)11/h3-8,15H,1-2H3/b14-13-. The van der Waals surface area contributed by atoms with E-state index in [1.54, 1.807) is 11.3 Å². The Kier molecular flexibility index (Phi) is 2.37. The van der Waals surface area contributed by atoms with Crippen molar-refractivity contribution in [2.45, 2.75) is 0 Å². The van der Waals surface area contributed by atoms with Gasteiger partial charge < -0.3 is 9.55 Å². The predicted octanol–water partition coefficient (Wildman–Crippen LogP) is 2.77.